The number of aryl methyl sites for hydroxylation is 1. The fourth-order valence-corrected chi connectivity index (χ4v) is 2.07. The second-order valence-corrected chi connectivity index (χ2v) is 4.43. The largest absolute Gasteiger partial charge is 0.236 e. The third kappa shape index (κ3) is 2.36. The van der Waals surface area contributed by atoms with Gasteiger partial charge >= 0.3 is 0 Å². The lowest BCUT2D eigenvalue weighted by Gasteiger charge is -2.03. The van der Waals surface area contributed by atoms with Crippen LogP contribution in [-0.2, 0) is 0 Å². The third-order valence-corrected chi connectivity index (χ3v) is 2.85. The molecule has 4 heteroatoms. The summed E-state index contributed by atoms with van der Waals surface area (Å²) in [5.74, 6) is 0.634. The summed E-state index contributed by atoms with van der Waals surface area (Å²) in [5.41, 5.74) is 2.13. The van der Waals surface area contributed by atoms with Crippen LogP contribution in [-0.4, -0.2) is 9.97 Å². The van der Waals surface area contributed by atoms with E-state index in [1.165, 1.54) is 5.56 Å². The van der Waals surface area contributed by atoms with Crippen molar-refractivity contribution >= 4 is 27.5 Å². The minimum absolute atomic E-state index is 0.451. The van der Waals surface area contributed by atoms with E-state index >= 15 is 0 Å². The maximum absolute atomic E-state index is 5.81. The summed E-state index contributed by atoms with van der Waals surface area (Å²) >= 11 is 9.30. The smallest absolute Gasteiger partial charge is 0.161 e. The Morgan fingerprint density at radius 3 is 2.73 bits per heavy atom. The maximum Gasteiger partial charge on any atom is 0.161 e. The molecule has 1 heterocycles. The van der Waals surface area contributed by atoms with Gasteiger partial charge < -0.3 is 0 Å². The first kappa shape index (κ1) is 10.6. The molecule has 0 radical (unpaired) electrons. The van der Waals surface area contributed by atoms with Gasteiger partial charge in [0.1, 0.15) is 5.15 Å². The quantitative estimate of drug-likeness (QED) is 0.743. The topological polar surface area (TPSA) is 25.8 Å². The van der Waals surface area contributed by atoms with Crippen LogP contribution in [0.2, 0.25) is 5.15 Å². The number of halogens is 2. The fourth-order valence-electron chi connectivity index (χ4n) is 1.27. The van der Waals surface area contributed by atoms with E-state index in [4.69, 9.17) is 11.6 Å². The molecule has 0 N–H and O–H groups in total. The summed E-state index contributed by atoms with van der Waals surface area (Å²) < 4.78 is 0.977. The Bertz CT molecular complexity index is 500. The Hall–Kier alpha value is -0.930. The van der Waals surface area contributed by atoms with Gasteiger partial charge in [-0.3, -0.25) is 0 Å². The standard InChI is InChI=1S/C11H8BrClN2/c1-7-2-3-8(9(12)6-7)11-14-5-4-10(13)15-11/h2-6H,1H3. The second kappa shape index (κ2) is 4.29. The lowest BCUT2D eigenvalue weighted by atomic mass is 10.1. The average Bonchev–Trinajstić information content (AvgIpc) is 2.17. The van der Waals surface area contributed by atoms with E-state index in [1.807, 2.05) is 25.1 Å². The highest BCUT2D eigenvalue weighted by molar-refractivity contribution is 9.10. The van der Waals surface area contributed by atoms with Crippen LogP contribution in [0, 0.1) is 6.92 Å². The van der Waals surface area contributed by atoms with Gasteiger partial charge in [-0.15, -0.1) is 0 Å². The van der Waals surface area contributed by atoms with E-state index in [-0.39, 0.29) is 0 Å². The number of hydrogen-bond donors (Lipinski definition) is 0. The van der Waals surface area contributed by atoms with Gasteiger partial charge in [0, 0.05) is 16.2 Å². The first-order valence-electron chi connectivity index (χ1n) is 4.42. The van der Waals surface area contributed by atoms with Crippen molar-refractivity contribution < 1.29 is 0 Å². The molecule has 2 nitrogen and oxygen atoms in total. The molecule has 0 aliphatic rings. The Morgan fingerprint density at radius 1 is 1.27 bits per heavy atom. The summed E-state index contributed by atoms with van der Waals surface area (Å²) in [6.45, 7) is 2.04. The van der Waals surface area contributed by atoms with Crippen molar-refractivity contribution in [3.63, 3.8) is 0 Å². The van der Waals surface area contributed by atoms with Gasteiger partial charge in [-0.05, 0) is 30.7 Å². The van der Waals surface area contributed by atoms with E-state index in [9.17, 15) is 0 Å². The fraction of sp³-hybridized carbons (Fsp3) is 0.0909. The van der Waals surface area contributed by atoms with Crippen molar-refractivity contribution in [2.24, 2.45) is 0 Å². The molecule has 0 atom stereocenters. The predicted octanol–water partition coefficient (Wildman–Crippen LogP) is 3.87. The van der Waals surface area contributed by atoms with Crippen LogP contribution < -0.4 is 0 Å². The molecule has 0 aliphatic heterocycles. The van der Waals surface area contributed by atoms with Crippen LogP contribution in [0.4, 0.5) is 0 Å². The number of benzene rings is 1. The number of aromatic nitrogens is 2. The van der Waals surface area contributed by atoms with E-state index in [0.29, 0.717) is 11.0 Å². The van der Waals surface area contributed by atoms with Gasteiger partial charge in [0.05, 0.1) is 0 Å². The van der Waals surface area contributed by atoms with Gasteiger partial charge in [-0.25, -0.2) is 9.97 Å². The van der Waals surface area contributed by atoms with Crippen molar-refractivity contribution in [1.82, 2.24) is 9.97 Å². The molecular weight excluding hydrogens is 275 g/mol. The van der Waals surface area contributed by atoms with E-state index in [1.54, 1.807) is 12.3 Å². The highest BCUT2D eigenvalue weighted by Crippen LogP contribution is 2.26. The minimum atomic E-state index is 0.451. The monoisotopic (exact) mass is 282 g/mol. The third-order valence-electron chi connectivity index (χ3n) is 1.99. The van der Waals surface area contributed by atoms with Crippen LogP contribution in [0.5, 0.6) is 0 Å². The van der Waals surface area contributed by atoms with Gasteiger partial charge in [0.25, 0.3) is 0 Å². The molecule has 0 aliphatic carbocycles. The molecule has 15 heavy (non-hydrogen) atoms. The Kier molecular flexibility index (Phi) is 3.03. The first-order valence-corrected chi connectivity index (χ1v) is 5.59. The molecular formula is C11H8BrClN2. The summed E-state index contributed by atoms with van der Waals surface area (Å²) in [6, 6.07) is 7.68. The van der Waals surface area contributed by atoms with Crippen LogP contribution in [0.25, 0.3) is 11.4 Å². The molecule has 0 spiro atoms. The SMILES string of the molecule is Cc1ccc(-c2nccc(Cl)n2)c(Br)c1. The molecule has 0 unspecified atom stereocenters. The molecule has 0 bridgehead atoms. The summed E-state index contributed by atoms with van der Waals surface area (Å²) in [4.78, 5) is 8.33. The predicted molar refractivity (Wildman–Crippen MR) is 64.9 cm³/mol. The summed E-state index contributed by atoms with van der Waals surface area (Å²) in [5, 5.41) is 0.451. The molecule has 1 aromatic heterocycles. The average molecular weight is 284 g/mol. The minimum Gasteiger partial charge on any atom is -0.236 e. The molecule has 2 rings (SSSR count). The Balaban J connectivity index is 2.54. The molecule has 0 fully saturated rings. The summed E-state index contributed by atoms with van der Waals surface area (Å²) in [6.07, 6.45) is 1.65. The highest BCUT2D eigenvalue weighted by atomic mass is 79.9. The lowest BCUT2D eigenvalue weighted by Crippen LogP contribution is -1.89. The van der Waals surface area contributed by atoms with Gasteiger partial charge in [-0.2, -0.15) is 0 Å². The van der Waals surface area contributed by atoms with E-state index in [2.05, 4.69) is 25.9 Å². The van der Waals surface area contributed by atoms with Crippen molar-refractivity contribution in [3.8, 4) is 11.4 Å². The molecule has 0 saturated carbocycles. The molecule has 2 aromatic rings. The van der Waals surface area contributed by atoms with Crippen molar-refractivity contribution in [2.75, 3.05) is 0 Å². The maximum atomic E-state index is 5.81. The highest BCUT2D eigenvalue weighted by Gasteiger charge is 2.06. The number of hydrogen-bond acceptors (Lipinski definition) is 2. The number of rotatable bonds is 1. The van der Waals surface area contributed by atoms with E-state index in [0.717, 1.165) is 10.0 Å². The van der Waals surface area contributed by atoms with Gasteiger partial charge in [-0.1, -0.05) is 33.6 Å². The Morgan fingerprint density at radius 2 is 2.07 bits per heavy atom. The zero-order chi connectivity index (χ0) is 10.8. The summed E-state index contributed by atoms with van der Waals surface area (Å²) in [7, 11) is 0. The molecule has 1 aromatic carbocycles. The van der Waals surface area contributed by atoms with Crippen molar-refractivity contribution in [1.29, 1.82) is 0 Å². The Labute approximate surface area is 101 Å². The van der Waals surface area contributed by atoms with Crippen LogP contribution in [0.3, 0.4) is 0 Å². The zero-order valence-electron chi connectivity index (χ0n) is 8.04. The normalized spacial score (nSPS) is 10.3. The zero-order valence-corrected chi connectivity index (χ0v) is 10.4. The lowest BCUT2D eigenvalue weighted by molar-refractivity contribution is 1.17. The van der Waals surface area contributed by atoms with E-state index < -0.39 is 0 Å². The van der Waals surface area contributed by atoms with Crippen LogP contribution in [0.15, 0.2) is 34.9 Å². The van der Waals surface area contributed by atoms with Crippen molar-refractivity contribution in [2.45, 2.75) is 6.92 Å². The first-order chi connectivity index (χ1) is 7.16. The van der Waals surface area contributed by atoms with Crippen LogP contribution in [0.1, 0.15) is 5.56 Å². The van der Waals surface area contributed by atoms with Crippen molar-refractivity contribution in [3.05, 3.63) is 45.7 Å². The van der Waals surface area contributed by atoms with Crippen LogP contribution >= 0.6 is 27.5 Å². The molecule has 0 saturated heterocycles. The van der Waals surface area contributed by atoms with Gasteiger partial charge in [0.15, 0.2) is 5.82 Å². The van der Waals surface area contributed by atoms with Gasteiger partial charge in [0.2, 0.25) is 0 Å². The second-order valence-electron chi connectivity index (χ2n) is 3.19. The number of nitrogens with zero attached hydrogens (tertiary/aromatic N) is 2. The molecule has 76 valence electrons. The molecule has 0 amide bonds.